The lowest BCUT2D eigenvalue weighted by atomic mass is 10.0. The van der Waals surface area contributed by atoms with Crippen molar-refractivity contribution >= 4 is 17.4 Å². The molecule has 166 valence electrons. The molecule has 1 heterocycles. The summed E-state index contributed by atoms with van der Waals surface area (Å²) in [7, 11) is 2.09. The zero-order chi connectivity index (χ0) is 22.4. The van der Waals surface area contributed by atoms with Crippen LogP contribution >= 0.6 is 0 Å². The number of ketones is 1. The van der Waals surface area contributed by atoms with Crippen LogP contribution in [0.25, 0.3) is 0 Å². The number of nitrogens with zero attached hydrogens (tertiary/aromatic N) is 2. The van der Waals surface area contributed by atoms with Gasteiger partial charge in [0, 0.05) is 55.8 Å². The van der Waals surface area contributed by atoms with E-state index in [-0.39, 0.29) is 36.4 Å². The number of carbonyl (C=O) groups is 2. The molecule has 2 aromatic carbocycles. The van der Waals surface area contributed by atoms with Crippen molar-refractivity contribution in [3.63, 3.8) is 0 Å². The van der Waals surface area contributed by atoms with Gasteiger partial charge < -0.3 is 15.1 Å². The van der Waals surface area contributed by atoms with Gasteiger partial charge in [-0.15, -0.1) is 0 Å². The third-order valence-corrected chi connectivity index (χ3v) is 5.94. The quantitative estimate of drug-likeness (QED) is 0.650. The molecule has 1 N–H and O–H groups in total. The molecule has 1 aliphatic heterocycles. The molecule has 0 aliphatic carbocycles. The zero-order valence-electron chi connectivity index (χ0n) is 18.7. The number of amides is 1. The van der Waals surface area contributed by atoms with Crippen LogP contribution in [-0.4, -0.2) is 49.8 Å². The summed E-state index contributed by atoms with van der Waals surface area (Å²) in [4.78, 5) is 29.4. The first-order valence-corrected chi connectivity index (χ1v) is 11.0. The van der Waals surface area contributed by atoms with E-state index in [1.54, 1.807) is 6.07 Å². The fourth-order valence-corrected chi connectivity index (χ4v) is 3.90. The van der Waals surface area contributed by atoms with Crippen molar-refractivity contribution in [3.05, 3.63) is 65.0 Å². The lowest BCUT2D eigenvalue weighted by molar-refractivity contribution is -0.121. The molecule has 0 radical (unpaired) electrons. The van der Waals surface area contributed by atoms with Crippen LogP contribution in [-0.2, 0) is 11.2 Å². The molecule has 0 bridgehead atoms. The zero-order valence-corrected chi connectivity index (χ0v) is 18.7. The van der Waals surface area contributed by atoms with Gasteiger partial charge in [0.1, 0.15) is 5.82 Å². The first-order valence-electron chi connectivity index (χ1n) is 11.0. The molecule has 2 aromatic rings. The monoisotopic (exact) mass is 425 g/mol. The molecule has 1 atom stereocenters. The molecule has 1 amide bonds. The standard InChI is InChI=1S/C25H32FN3O2/c1-4-19-5-7-20(8-6-19)24(30)11-12-25(31)27-18(2)22-17-21(26)9-10-23(22)29-15-13-28(3)14-16-29/h5-10,17-18H,4,11-16H2,1-3H3,(H,27,31). The number of halogens is 1. The average Bonchev–Trinajstić information content (AvgIpc) is 2.78. The van der Waals surface area contributed by atoms with Gasteiger partial charge in [-0.1, -0.05) is 31.2 Å². The Kier molecular flexibility index (Phi) is 7.80. The van der Waals surface area contributed by atoms with Crippen molar-refractivity contribution in [1.82, 2.24) is 10.2 Å². The lowest BCUT2D eigenvalue weighted by Gasteiger charge is -2.36. The Morgan fingerprint density at radius 1 is 1.03 bits per heavy atom. The number of aryl methyl sites for hydroxylation is 1. The Morgan fingerprint density at radius 2 is 1.71 bits per heavy atom. The van der Waals surface area contributed by atoms with E-state index < -0.39 is 0 Å². The van der Waals surface area contributed by atoms with E-state index in [2.05, 4.69) is 29.1 Å². The minimum Gasteiger partial charge on any atom is -0.369 e. The van der Waals surface area contributed by atoms with Crippen LogP contribution in [0, 0.1) is 5.82 Å². The highest BCUT2D eigenvalue weighted by Gasteiger charge is 2.21. The van der Waals surface area contributed by atoms with E-state index in [0.717, 1.165) is 43.9 Å². The minimum atomic E-state index is -0.350. The third-order valence-electron chi connectivity index (χ3n) is 5.94. The molecule has 31 heavy (non-hydrogen) atoms. The number of Topliss-reactive ketones (excluding diaryl/α,β-unsaturated/α-hetero) is 1. The van der Waals surface area contributed by atoms with Crippen LogP contribution in [0.4, 0.5) is 10.1 Å². The van der Waals surface area contributed by atoms with E-state index in [0.29, 0.717) is 5.56 Å². The van der Waals surface area contributed by atoms with Gasteiger partial charge in [0.25, 0.3) is 0 Å². The van der Waals surface area contributed by atoms with Crippen LogP contribution < -0.4 is 10.2 Å². The van der Waals surface area contributed by atoms with Crippen LogP contribution in [0.5, 0.6) is 0 Å². The number of hydrogen-bond donors (Lipinski definition) is 1. The third kappa shape index (κ3) is 6.14. The van der Waals surface area contributed by atoms with Crippen LogP contribution in [0.3, 0.4) is 0 Å². The Bertz CT molecular complexity index is 905. The summed E-state index contributed by atoms with van der Waals surface area (Å²) in [5.41, 5.74) is 3.52. The number of piperazine rings is 1. The molecule has 1 saturated heterocycles. The summed E-state index contributed by atoms with van der Waals surface area (Å²) >= 11 is 0. The summed E-state index contributed by atoms with van der Waals surface area (Å²) in [5.74, 6) is -0.575. The van der Waals surface area contributed by atoms with Crippen molar-refractivity contribution in [3.8, 4) is 0 Å². The normalized spacial score (nSPS) is 15.5. The Labute approximate surface area is 184 Å². The number of nitrogens with one attached hydrogen (secondary N) is 1. The Balaban J connectivity index is 1.60. The lowest BCUT2D eigenvalue weighted by Crippen LogP contribution is -2.45. The van der Waals surface area contributed by atoms with E-state index >= 15 is 0 Å². The van der Waals surface area contributed by atoms with E-state index in [1.807, 2.05) is 31.2 Å². The van der Waals surface area contributed by atoms with Gasteiger partial charge in [-0.05, 0) is 44.2 Å². The maximum Gasteiger partial charge on any atom is 0.220 e. The van der Waals surface area contributed by atoms with Gasteiger partial charge in [-0.3, -0.25) is 9.59 Å². The minimum absolute atomic E-state index is 0.0469. The first kappa shape index (κ1) is 22.9. The maximum absolute atomic E-state index is 14.0. The van der Waals surface area contributed by atoms with Gasteiger partial charge in [-0.2, -0.15) is 0 Å². The number of anilines is 1. The number of likely N-dealkylation sites (N-methyl/N-ethyl adjacent to an activating group) is 1. The summed E-state index contributed by atoms with van der Waals surface area (Å²) in [6.45, 7) is 7.54. The van der Waals surface area contributed by atoms with Crippen molar-refractivity contribution in [2.75, 3.05) is 38.1 Å². The molecular formula is C25H32FN3O2. The number of hydrogen-bond acceptors (Lipinski definition) is 4. The summed E-state index contributed by atoms with van der Waals surface area (Å²) in [6, 6.07) is 11.9. The highest BCUT2D eigenvalue weighted by atomic mass is 19.1. The highest BCUT2D eigenvalue weighted by Crippen LogP contribution is 2.28. The summed E-state index contributed by atoms with van der Waals surface area (Å²) < 4.78 is 14.0. The fourth-order valence-electron chi connectivity index (χ4n) is 3.90. The van der Waals surface area contributed by atoms with Crippen molar-refractivity contribution < 1.29 is 14.0 Å². The first-order chi connectivity index (χ1) is 14.9. The fraction of sp³-hybridized carbons (Fsp3) is 0.440. The van der Waals surface area contributed by atoms with Crippen LogP contribution in [0.2, 0.25) is 0 Å². The smallest absolute Gasteiger partial charge is 0.220 e. The largest absolute Gasteiger partial charge is 0.369 e. The van der Waals surface area contributed by atoms with E-state index in [4.69, 9.17) is 0 Å². The van der Waals surface area contributed by atoms with Gasteiger partial charge in [0.15, 0.2) is 5.78 Å². The van der Waals surface area contributed by atoms with Gasteiger partial charge in [0.2, 0.25) is 5.91 Å². The molecule has 0 aromatic heterocycles. The summed E-state index contributed by atoms with van der Waals surface area (Å²) in [6.07, 6.45) is 1.18. The van der Waals surface area contributed by atoms with Gasteiger partial charge in [0.05, 0.1) is 6.04 Å². The van der Waals surface area contributed by atoms with Crippen molar-refractivity contribution in [1.29, 1.82) is 0 Å². The molecule has 6 heteroatoms. The van der Waals surface area contributed by atoms with E-state index in [1.165, 1.54) is 17.7 Å². The molecular weight excluding hydrogens is 393 g/mol. The molecule has 1 unspecified atom stereocenters. The number of carbonyl (C=O) groups excluding carboxylic acids is 2. The highest BCUT2D eigenvalue weighted by molar-refractivity contribution is 5.98. The summed E-state index contributed by atoms with van der Waals surface area (Å²) in [5, 5.41) is 2.94. The Hall–Kier alpha value is -2.73. The molecule has 1 fully saturated rings. The molecule has 0 saturated carbocycles. The predicted octanol–water partition coefficient (Wildman–Crippen LogP) is 3.98. The second-order valence-corrected chi connectivity index (χ2v) is 8.26. The van der Waals surface area contributed by atoms with Crippen molar-refractivity contribution in [2.45, 2.75) is 39.2 Å². The molecule has 5 nitrogen and oxygen atoms in total. The van der Waals surface area contributed by atoms with E-state index in [9.17, 15) is 14.0 Å². The van der Waals surface area contributed by atoms with Crippen molar-refractivity contribution in [2.24, 2.45) is 0 Å². The topological polar surface area (TPSA) is 52.7 Å². The van der Waals surface area contributed by atoms with Gasteiger partial charge >= 0.3 is 0 Å². The Morgan fingerprint density at radius 3 is 2.35 bits per heavy atom. The second-order valence-electron chi connectivity index (χ2n) is 8.26. The molecule has 0 spiro atoms. The van der Waals surface area contributed by atoms with Crippen LogP contribution in [0.1, 0.15) is 54.2 Å². The average molecular weight is 426 g/mol. The molecule has 3 rings (SSSR count). The SMILES string of the molecule is CCc1ccc(C(=O)CCC(=O)NC(C)c2cc(F)ccc2N2CCN(C)CC2)cc1. The van der Waals surface area contributed by atoms with Crippen LogP contribution in [0.15, 0.2) is 42.5 Å². The molecule has 1 aliphatic rings. The number of rotatable bonds is 8. The predicted molar refractivity (Wildman–Crippen MR) is 122 cm³/mol. The van der Waals surface area contributed by atoms with Gasteiger partial charge in [-0.25, -0.2) is 4.39 Å². The second kappa shape index (κ2) is 10.5. The maximum atomic E-state index is 14.0. The number of benzene rings is 2.